The van der Waals surface area contributed by atoms with E-state index in [9.17, 15) is 9.90 Å². The van der Waals surface area contributed by atoms with Crippen molar-refractivity contribution < 1.29 is 9.90 Å². The molecule has 17 heavy (non-hydrogen) atoms. The number of hydrogen-bond donors (Lipinski definition) is 3. The van der Waals surface area contributed by atoms with Gasteiger partial charge in [-0.15, -0.1) is 0 Å². The summed E-state index contributed by atoms with van der Waals surface area (Å²) in [5.41, 5.74) is 1.64. The Hall–Kier alpha value is -2.30. The maximum Gasteiger partial charge on any atom is 0.224 e. The molecule has 1 heterocycles. The molecule has 1 aromatic heterocycles. The van der Waals surface area contributed by atoms with Crippen LogP contribution in [0.3, 0.4) is 0 Å². The van der Waals surface area contributed by atoms with Crippen molar-refractivity contribution in [2.75, 3.05) is 0 Å². The maximum absolute atomic E-state index is 11.6. The van der Waals surface area contributed by atoms with Crippen LogP contribution < -0.4 is 5.32 Å². The minimum atomic E-state index is -0.0924. The largest absolute Gasteiger partial charge is 0.508 e. The standard InChI is InChI=1S/C12H13N3O2/c16-11-3-1-2-9(4-11)5-12(17)14-7-10-6-13-8-15-10/h1-4,6,8,16H,5,7H2,(H,13,15)(H,14,17). The molecule has 0 bridgehead atoms. The van der Waals surface area contributed by atoms with Gasteiger partial charge < -0.3 is 15.4 Å². The third-order valence-electron chi connectivity index (χ3n) is 2.31. The summed E-state index contributed by atoms with van der Waals surface area (Å²) in [6, 6.07) is 6.67. The Morgan fingerprint density at radius 2 is 2.35 bits per heavy atom. The topological polar surface area (TPSA) is 78.0 Å². The summed E-state index contributed by atoms with van der Waals surface area (Å²) in [5, 5.41) is 12.0. The maximum atomic E-state index is 11.6. The van der Waals surface area contributed by atoms with Crippen molar-refractivity contribution in [2.45, 2.75) is 13.0 Å². The summed E-state index contributed by atoms with van der Waals surface area (Å²) in [6.07, 6.45) is 3.48. The third kappa shape index (κ3) is 3.34. The summed E-state index contributed by atoms with van der Waals surface area (Å²) in [7, 11) is 0. The summed E-state index contributed by atoms with van der Waals surface area (Å²) in [6.45, 7) is 0.428. The highest BCUT2D eigenvalue weighted by Gasteiger charge is 2.04. The molecule has 0 spiro atoms. The van der Waals surface area contributed by atoms with Gasteiger partial charge in [-0.2, -0.15) is 0 Å². The lowest BCUT2D eigenvalue weighted by molar-refractivity contribution is -0.120. The second kappa shape index (κ2) is 5.16. The number of rotatable bonds is 4. The fourth-order valence-electron chi connectivity index (χ4n) is 1.49. The number of hydrogen-bond acceptors (Lipinski definition) is 3. The molecule has 2 rings (SSSR count). The minimum absolute atomic E-state index is 0.0924. The molecule has 0 aliphatic rings. The number of imidazole rings is 1. The van der Waals surface area contributed by atoms with E-state index in [1.165, 1.54) is 0 Å². The van der Waals surface area contributed by atoms with Gasteiger partial charge in [0.05, 0.1) is 25.0 Å². The van der Waals surface area contributed by atoms with Gasteiger partial charge in [0.15, 0.2) is 0 Å². The number of phenolic OH excluding ortho intramolecular Hbond substituents is 1. The lowest BCUT2D eigenvalue weighted by Crippen LogP contribution is -2.24. The molecule has 0 saturated carbocycles. The van der Waals surface area contributed by atoms with Crippen molar-refractivity contribution in [3.63, 3.8) is 0 Å². The Bertz CT molecular complexity index is 494. The molecule has 0 atom stereocenters. The smallest absolute Gasteiger partial charge is 0.224 e. The monoisotopic (exact) mass is 231 g/mol. The average Bonchev–Trinajstić information content (AvgIpc) is 2.79. The zero-order valence-corrected chi connectivity index (χ0v) is 9.18. The lowest BCUT2D eigenvalue weighted by atomic mass is 10.1. The average molecular weight is 231 g/mol. The highest BCUT2D eigenvalue weighted by atomic mass is 16.3. The molecular weight excluding hydrogens is 218 g/mol. The number of carbonyl (C=O) groups excluding carboxylic acids is 1. The molecular formula is C12H13N3O2. The van der Waals surface area contributed by atoms with E-state index in [-0.39, 0.29) is 18.1 Å². The number of phenols is 1. The fourth-order valence-corrected chi connectivity index (χ4v) is 1.49. The predicted molar refractivity (Wildman–Crippen MR) is 62.2 cm³/mol. The number of aromatic hydroxyl groups is 1. The first-order valence-corrected chi connectivity index (χ1v) is 5.26. The first-order valence-electron chi connectivity index (χ1n) is 5.26. The molecule has 1 aromatic carbocycles. The van der Waals surface area contributed by atoms with Crippen LogP contribution >= 0.6 is 0 Å². The Morgan fingerprint density at radius 1 is 1.47 bits per heavy atom. The molecule has 88 valence electrons. The van der Waals surface area contributed by atoms with Gasteiger partial charge >= 0.3 is 0 Å². The van der Waals surface area contributed by atoms with Crippen LogP contribution in [0.15, 0.2) is 36.8 Å². The molecule has 0 saturated heterocycles. The highest BCUT2D eigenvalue weighted by Crippen LogP contribution is 2.11. The normalized spacial score (nSPS) is 10.1. The SMILES string of the molecule is O=C(Cc1cccc(O)c1)NCc1cnc[nH]1. The molecule has 0 aliphatic heterocycles. The van der Waals surface area contributed by atoms with Crippen LogP contribution in [0.25, 0.3) is 0 Å². The number of nitrogens with one attached hydrogen (secondary N) is 2. The zero-order chi connectivity index (χ0) is 12.1. The number of amides is 1. The Balaban J connectivity index is 1.85. The van der Waals surface area contributed by atoms with E-state index in [0.29, 0.717) is 6.54 Å². The third-order valence-corrected chi connectivity index (χ3v) is 2.31. The number of benzene rings is 1. The van der Waals surface area contributed by atoms with E-state index in [4.69, 9.17) is 0 Å². The number of carbonyl (C=O) groups is 1. The van der Waals surface area contributed by atoms with Crippen LogP contribution in [-0.4, -0.2) is 21.0 Å². The molecule has 1 amide bonds. The predicted octanol–water partition coefficient (Wildman–Crippen LogP) is 0.974. The van der Waals surface area contributed by atoms with Crippen LogP contribution in [0.5, 0.6) is 5.75 Å². The van der Waals surface area contributed by atoms with Gasteiger partial charge in [-0.1, -0.05) is 12.1 Å². The summed E-state index contributed by atoms with van der Waals surface area (Å²) in [4.78, 5) is 18.3. The summed E-state index contributed by atoms with van der Waals surface area (Å²) >= 11 is 0. The van der Waals surface area contributed by atoms with Gasteiger partial charge in [-0.05, 0) is 17.7 Å². The number of H-pyrrole nitrogens is 1. The van der Waals surface area contributed by atoms with Crippen molar-refractivity contribution in [3.05, 3.63) is 48.0 Å². The van der Waals surface area contributed by atoms with Gasteiger partial charge in [0.2, 0.25) is 5.91 Å². The van der Waals surface area contributed by atoms with Crippen molar-refractivity contribution in [1.82, 2.24) is 15.3 Å². The zero-order valence-electron chi connectivity index (χ0n) is 9.18. The van der Waals surface area contributed by atoms with Gasteiger partial charge in [0, 0.05) is 6.20 Å². The Morgan fingerprint density at radius 3 is 3.06 bits per heavy atom. The highest BCUT2D eigenvalue weighted by molar-refractivity contribution is 5.78. The number of aromatic nitrogens is 2. The lowest BCUT2D eigenvalue weighted by Gasteiger charge is -2.04. The van der Waals surface area contributed by atoms with Crippen LogP contribution in [0, 0.1) is 0 Å². The van der Waals surface area contributed by atoms with Crippen molar-refractivity contribution in [1.29, 1.82) is 0 Å². The van der Waals surface area contributed by atoms with Crippen LogP contribution in [0.2, 0.25) is 0 Å². The quantitative estimate of drug-likeness (QED) is 0.733. The van der Waals surface area contributed by atoms with Gasteiger partial charge in [-0.3, -0.25) is 4.79 Å². The first kappa shape index (κ1) is 11.2. The fraction of sp³-hybridized carbons (Fsp3) is 0.167. The molecule has 2 aromatic rings. The molecule has 0 aliphatic carbocycles. The summed E-state index contributed by atoms with van der Waals surface area (Å²) < 4.78 is 0. The minimum Gasteiger partial charge on any atom is -0.508 e. The van der Waals surface area contributed by atoms with E-state index in [2.05, 4.69) is 15.3 Å². The second-order valence-corrected chi connectivity index (χ2v) is 3.70. The van der Waals surface area contributed by atoms with E-state index in [1.807, 2.05) is 0 Å². The molecule has 0 radical (unpaired) electrons. The van der Waals surface area contributed by atoms with Gasteiger partial charge in [0.1, 0.15) is 5.75 Å². The molecule has 5 heteroatoms. The van der Waals surface area contributed by atoms with Gasteiger partial charge in [-0.25, -0.2) is 4.98 Å². The van der Waals surface area contributed by atoms with Gasteiger partial charge in [0.25, 0.3) is 0 Å². The molecule has 0 unspecified atom stereocenters. The van der Waals surface area contributed by atoms with Crippen LogP contribution in [0.1, 0.15) is 11.3 Å². The molecule has 0 fully saturated rings. The van der Waals surface area contributed by atoms with Crippen molar-refractivity contribution >= 4 is 5.91 Å². The first-order chi connectivity index (χ1) is 8.24. The Kier molecular flexibility index (Phi) is 3.40. The van der Waals surface area contributed by atoms with E-state index >= 15 is 0 Å². The van der Waals surface area contributed by atoms with E-state index in [0.717, 1.165) is 11.3 Å². The van der Waals surface area contributed by atoms with E-state index < -0.39 is 0 Å². The Labute approximate surface area is 98.5 Å². The summed E-state index contributed by atoms with van der Waals surface area (Å²) in [5.74, 6) is 0.0778. The van der Waals surface area contributed by atoms with Crippen molar-refractivity contribution in [3.8, 4) is 5.75 Å². The number of aromatic amines is 1. The second-order valence-electron chi connectivity index (χ2n) is 3.70. The van der Waals surface area contributed by atoms with E-state index in [1.54, 1.807) is 36.8 Å². The number of nitrogens with zero attached hydrogens (tertiary/aromatic N) is 1. The molecule has 3 N–H and O–H groups in total. The molecule has 5 nitrogen and oxygen atoms in total. The van der Waals surface area contributed by atoms with Crippen molar-refractivity contribution in [2.24, 2.45) is 0 Å². The van der Waals surface area contributed by atoms with Crippen LogP contribution in [0.4, 0.5) is 0 Å². The van der Waals surface area contributed by atoms with Crippen LogP contribution in [-0.2, 0) is 17.8 Å².